The topological polar surface area (TPSA) is 110 Å². The first-order valence-electron chi connectivity index (χ1n) is 6.88. The summed E-state index contributed by atoms with van der Waals surface area (Å²) in [4.78, 5) is 0.811. The monoisotopic (exact) mass is 369 g/mol. The second kappa shape index (κ2) is 7.84. The highest BCUT2D eigenvalue weighted by atomic mass is 32.2. The van der Waals surface area contributed by atoms with Crippen LogP contribution in [0.15, 0.2) is 16.3 Å². The lowest BCUT2D eigenvalue weighted by Gasteiger charge is -2.21. The van der Waals surface area contributed by atoms with E-state index >= 15 is 0 Å². The van der Waals surface area contributed by atoms with E-state index in [2.05, 4.69) is 4.72 Å². The number of hydrogen-bond donors (Lipinski definition) is 2. The number of nitrogens with one attached hydrogen (secondary N) is 1. The first-order chi connectivity index (χ1) is 10.1. The second-order valence-electron chi connectivity index (χ2n) is 4.87. The molecule has 0 aliphatic rings. The van der Waals surface area contributed by atoms with Crippen molar-refractivity contribution in [3.63, 3.8) is 0 Å². The summed E-state index contributed by atoms with van der Waals surface area (Å²) in [7, 11) is -5.28. The van der Waals surface area contributed by atoms with E-state index in [4.69, 9.17) is 5.73 Å². The van der Waals surface area contributed by atoms with Crippen LogP contribution in [-0.4, -0.2) is 53.1 Å². The molecule has 1 unspecified atom stereocenters. The van der Waals surface area contributed by atoms with Gasteiger partial charge in [-0.2, -0.15) is 4.31 Å². The summed E-state index contributed by atoms with van der Waals surface area (Å²) >= 11 is 1.15. The van der Waals surface area contributed by atoms with Crippen LogP contribution in [0.25, 0.3) is 0 Å². The molecule has 1 aromatic heterocycles. The van der Waals surface area contributed by atoms with Crippen LogP contribution in [0.4, 0.5) is 0 Å². The standard InChI is InChI=1S/C12H23N3O4S3/c1-4-21(16,17)14-8-7-11-5-6-12(20-11)22(18,19)15(3)10(2)9-13/h5-6,10,14H,4,7-9,13H2,1-3H3. The second-order valence-corrected chi connectivity index (χ2v) is 10.4. The molecule has 0 amide bonds. The summed E-state index contributed by atoms with van der Waals surface area (Å²) in [5.74, 6) is 0.0266. The van der Waals surface area contributed by atoms with Crippen molar-refractivity contribution in [1.82, 2.24) is 9.03 Å². The van der Waals surface area contributed by atoms with Crippen LogP contribution < -0.4 is 10.5 Å². The summed E-state index contributed by atoms with van der Waals surface area (Å²) in [6.45, 7) is 3.80. The van der Waals surface area contributed by atoms with Gasteiger partial charge in [-0.15, -0.1) is 11.3 Å². The largest absolute Gasteiger partial charge is 0.329 e. The molecule has 0 aliphatic carbocycles. The van der Waals surface area contributed by atoms with Crippen LogP contribution in [0, 0.1) is 0 Å². The molecular formula is C12H23N3O4S3. The van der Waals surface area contributed by atoms with Crippen LogP contribution in [0.5, 0.6) is 0 Å². The first kappa shape index (κ1) is 19.5. The van der Waals surface area contributed by atoms with E-state index in [1.165, 1.54) is 11.4 Å². The van der Waals surface area contributed by atoms with Gasteiger partial charge in [0, 0.05) is 31.1 Å². The van der Waals surface area contributed by atoms with Gasteiger partial charge in [0.15, 0.2) is 0 Å². The highest BCUT2D eigenvalue weighted by molar-refractivity contribution is 7.91. The van der Waals surface area contributed by atoms with Gasteiger partial charge in [-0.25, -0.2) is 21.6 Å². The molecule has 1 rings (SSSR count). The Bertz CT molecular complexity index is 682. The van der Waals surface area contributed by atoms with Crippen molar-refractivity contribution in [3.05, 3.63) is 17.0 Å². The quantitative estimate of drug-likeness (QED) is 0.646. The molecule has 3 N–H and O–H groups in total. The Kier molecular flexibility index (Phi) is 6.96. The smallest absolute Gasteiger partial charge is 0.252 e. The van der Waals surface area contributed by atoms with Crippen molar-refractivity contribution in [1.29, 1.82) is 0 Å². The molecule has 0 spiro atoms. The van der Waals surface area contributed by atoms with Crippen molar-refractivity contribution in [2.24, 2.45) is 5.73 Å². The zero-order valence-corrected chi connectivity index (χ0v) is 15.4. The molecule has 0 aliphatic heterocycles. The Morgan fingerprint density at radius 3 is 2.50 bits per heavy atom. The molecule has 1 atom stereocenters. The van der Waals surface area contributed by atoms with Gasteiger partial charge in [0.05, 0.1) is 5.75 Å². The molecule has 128 valence electrons. The van der Waals surface area contributed by atoms with E-state index in [9.17, 15) is 16.8 Å². The average molecular weight is 370 g/mol. The highest BCUT2D eigenvalue weighted by Gasteiger charge is 2.26. The SMILES string of the molecule is CCS(=O)(=O)NCCc1ccc(S(=O)(=O)N(C)C(C)CN)s1. The van der Waals surface area contributed by atoms with Crippen LogP contribution in [0.1, 0.15) is 18.7 Å². The minimum atomic E-state index is -3.55. The number of nitrogens with two attached hydrogens (primary N) is 1. The van der Waals surface area contributed by atoms with Crippen molar-refractivity contribution in [2.45, 2.75) is 30.5 Å². The number of sulfonamides is 2. The zero-order valence-electron chi connectivity index (χ0n) is 12.9. The molecule has 10 heteroatoms. The maximum absolute atomic E-state index is 12.4. The molecule has 0 aromatic carbocycles. The summed E-state index contributed by atoms with van der Waals surface area (Å²) in [5, 5.41) is 0. The van der Waals surface area contributed by atoms with E-state index in [1.807, 2.05) is 0 Å². The maximum atomic E-state index is 12.4. The predicted octanol–water partition coefficient (Wildman–Crippen LogP) is 0.198. The molecule has 1 heterocycles. The predicted molar refractivity (Wildman–Crippen MR) is 89.0 cm³/mol. The van der Waals surface area contributed by atoms with Gasteiger partial charge in [0.25, 0.3) is 10.0 Å². The summed E-state index contributed by atoms with van der Waals surface area (Å²) in [6.07, 6.45) is 0.454. The average Bonchev–Trinajstić information content (AvgIpc) is 2.95. The van der Waals surface area contributed by atoms with Gasteiger partial charge in [-0.3, -0.25) is 0 Å². The maximum Gasteiger partial charge on any atom is 0.252 e. The minimum Gasteiger partial charge on any atom is -0.329 e. The van der Waals surface area contributed by atoms with Gasteiger partial charge in [0.1, 0.15) is 4.21 Å². The van der Waals surface area contributed by atoms with E-state index < -0.39 is 20.0 Å². The molecule has 0 bridgehead atoms. The lowest BCUT2D eigenvalue weighted by Crippen LogP contribution is -2.39. The molecule has 7 nitrogen and oxygen atoms in total. The fourth-order valence-corrected chi connectivity index (χ4v) is 5.12. The summed E-state index contributed by atoms with van der Waals surface area (Å²) in [6, 6.07) is 2.97. The number of thiophene rings is 1. The lowest BCUT2D eigenvalue weighted by molar-refractivity contribution is 0.395. The van der Waals surface area contributed by atoms with Crippen molar-refractivity contribution < 1.29 is 16.8 Å². The van der Waals surface area contributed by atoms with Crippen molar-refractivity contribution in [3.8, 4) is 0 Å². The van der Waals surface area contributed by atoms with Crippen LogP contribution in [0.3, 0.4) is 0 Å². The summed E-state index contributed by atoms with van der Waals surface area (Å²) < 4.78 is 51.4. The van der Waals surface area contributed by atoms with E-state index in [-0.39, 0.29) is 29.1 Å². The third-order valence-corrected chi connectivity index (χ3v) is 8.29. The third-order valence-electron chi connectivity index (χ3n) is 3.31. The van der Waals surface area contributed by atoms with E-state index in [0.717, 1.165) is 16.2 Å². The molecular weight excluding hydrogens is 346 g/mol. The van der Waals surface area contributed by atoms with E-state index in [0.29, 0.717) is 6.42 Å². The van der Waals surface area contributed by atoms with Crippen LogP contribution in [-0.2, 0) is 26.5 Å². The number of hydrogen-bond acceptors (Lipinski definition) is 6. The minimum absolute atomic E-state index is 0.0266. The van der Waals surface area contributed by atoms with Crippen LogP contribution >= 0.6 is 11.3 Å². The Hall–Kier alpha value is -0.520. The Morgan fingerprint density at radius 2 is 1.95 bits per heavy atom. The Morgan fingerprint density at radius 1 is 1.32 bits per heavy atom. The molecule has 0 saturated heterocycles. The number of nitrogens with zero attached hydrogens (tertiary/aromatic N) is 1. The Labute approximate surface area is 136 Å². The van der Waals surface area contributed by atoms with Gasteiger partial charge in [0.2, 0.25) is 10.0 Å². The fourth-order valence-electron chi connectivity index (χ4n) is 1.59. The van der Waals surface area contributed by atoms with Gasteiger partial charge < -0.3 is 5.73 Å². The van der Waals surface area contributed by atoms with Crippen LogP contribution in [0.2, 0.25) is 0 Å². The molecule has 0 radical (unpaired) electrons. The van der Waals surface area contributed by atoms with Crippen molar-refractivity contribution >= 4 is 31.4 Å². The summed E-state index contributed by atoms with van der Waals surface area (Å²) in [5.41, 5.74) is 5.50. The molecule has 0 saturated carbocycles. The zero-order chi connectivity index (χ0) is 17.0. The van der Waals surface area contributed by atoms with E-state index in [1.54, 1.807) is 26.0 Å². The molecule has 0 fully saturated rings. The van der Waals surface area contributed by atoms with Gasteiger partial charge in [-0.05, 0) is 32.4 Å². The Balaban J connectivity index is 2.76. The van der Waals surface area contributed by atoms with Crippen molar-refractivity contribution in [2.75, 3.05) is 25.9 Å². The van der Waals surface area contributed by atoms with Gasteiger partial charge >= 0.3 is 0 Å². The molecule has 1 aromatic rings. The normalized spacial score (nSPS) is 14.4. The number of rotatable bonds is 9. The lowest BCUT2D eigenvalue weighted by atomic mass is 10.3. The highest BCUT2D eigenvalue weighted by Crippen LogP contribution is 2.25. The number of likely N-dealkylation sites (N-methyl/N-ethyl adjacent to an activating group) is 1. The fraction of sp³-hybridized carbons (Fsp3) is 0.667. The third kappa shape index (κ3) is 5.00. The molecule has 22 heavy (non-hydrogen) atoms. The van der Waals surface area contributed by atoms with Gasteiger partial charge in [-0.1, -0.05) is 0 Å². The first-order valence-corrected chi connectivity index (χ1v) is 10.8.